The fourth-order valence-electron chi connectivity index (χ4n) is 3.46. The average Bonchev–Trinajstić information content (AvgIpc) is 3.36. The van der Waals surface area contributed by atoms with Crippen LogP contribution >= 0.6 is 0 Å². The lowest BCUT2D eigenvalue weighted by molar-refractivity contribution is -0.137. The van der Waals surface area contributed by atoms with Crippen molar-refractivity contribution >= 4 is 17.3 Å². The SMILES string of the molecule is Cc1c(NCc2nc(-c3cccc(C(F)(F)F)c3)no2)cccc1N1CCCC1=O. The minimum atomic E-state index is -4.44. The van der Waals surface area contributed by atoms with Crippen LogP contribution in [0.1, 0.15) is 29.9 Å². The molecule has 4 rings (SSSR count). The Morgan fingerprint density at radius 1 is 1.20 bits per heavy atom. The van der Waals surface area contributed by atoms with Crippen molar-refractivity contribution < 1.29 is 22.5 Å². The number of carbonyl (C=O) groups is 1. The van der Waals surface area contributed by atoms with Crippen LogP contribution < -0.4 is 10.2 Å². The van der Waals surface area contributed by atoms with Crippen molar-refractivity contribution in [2.75, 3.05) is 16.8 Å². The van der Waals surface area contributed by atoms with Gasteiger partial charge >= 0.3 is 6.18 Å². The van der Waals surface area contributed by atoms with Crippen LogP contribution in [0.4, 0.5) is 24.5 Å². The van der Waals surface area contributed by atoms with E-state index in [9.17, 15) is 18.0 Å². The van der Waals surface area contributed by atoms with E-state index in [0.717, 1.165) is 35.5 Å². The van der Waals surface area contributed by atoms with Gasteiger partial charge in [-0.15, -0.1) is 0 Å². The second kappa shape index (κ2) is 7.81. The second-order valence-electron chi connectivity index (χ2n) is 7.04. The van der Waals surface area contributed by atoms with Crippen LogP contribution in [-0.4, -0.2) is 22.6 Å². The summed E-state index contributed by atoms with van der Waals surface area (Å²) in [7, 11) is 0. The topological polar surface area (TPSA) is 71.3 Å². The molecule has 30 heavy (non-hydrogen) atoms. The first kappa shape index (κ1) is 19.9. The van der Waals surface area contributed by atoms with E-state index in [0.29, 0.717) is 13.0 Å². The Morgan fingerprint density at radius 2 is 2.00 bits per heavy atom. The summed E-state index contributed by atoms with van der Waals surface area (Å²) in [5.74, 6) is 0.438. The smallest absolute Gasteiger partial charge is 0.376 e. The quantitative estimate of drug-likeness (QED) is 0.647. The molecule has 1 N–H and O–H groups in total. The van der Waals surface area contributed by atoms with Crippen LogP contribution in [0.15, 0.2) is 47.0 Å². The van der Waals surface area contributed by atoms with Gasteiger partial charge in [-0.2, -0.15) is 18.2 Å². The highest BCUT2D eigenvalue weighted by molar-refractivity contribution is 5.96. The Morgan fingerprint density at radius 3 is 2.73 bits per heavy atom. The van der Waals surface area contributed by atoms with Gasteiger partial charge in [0.15, 0.2) is 0 Å². The van der Waals surface area contributed by atoms with Gasteiger partial charge in [-0.25, -0.2) is 0 Å². The van der Waals surface area contributed by atoms with E-state index in [2.05, 4.69) is 15.5 Å². The Bertz CT molecular complexity index is 1080. The zero-order valence-electron chi connectivity index (χ0n) is 16.2. The van der Waals surface area contributed by atoms with Crippen molar-refractivity contribution in [2.45, 2.75) is 32.5 Å². The molecule has 0 bridgehead atoms. The number of nitrogens with one attached hydrogen (secondary N) is 1. The molecule has 156 valence electrons. The van der Waals surface area contributed by atoms with E-state index in [4.69, 9.17) is 4.52 Å². The van der Waals surface area contributed by atoms with Gasteiger partial charge in [0.1, 0.15) is 0 Å². The molecule has 0 spiro atoms. The number of hydrogen-bond donors (Lipinski definition) is 1. The molecule has 6 nitrogen and oxygen atoms in total. The third-order valence-electron chi connectivity index (χ3n) is 5.02. The van der Waals surface area contributed by atoms with E-state index in [1.165, 1.54) is 12.1 Å². The van der Waals surface area contributed by atoms with Crippen molar-refractivity contribution in [1.29, 1.82) is 0 Å². The number of alkyl halides is 3. The zero-order valence-corrected chi connectivity index (χ0v) is 16.2. The standard InChI is InChI=1S/C21H19F3N4O2/c1-13-16(7-3-8-17(13)28-10-4-9-19(28)29)25-12-18-26-20(27-30-18)14-5-2-6-15(11-14)21(22,23)24/h2-3,5-8,11,25H,4,9-10,12H2,1H3. The molecule has 1 saturated heterocycles. The molecule has 0 unspecified atom stereocenters. The number of carbonyl (C=O) groups excluding carboxylic acids is 1. The number of rotatable bonds is 5. The van der Waals surface area contributed by atoms with E-state index in [1.807, 2.05) is 25.1 Å². The second-order valence-corrected chi connectivity index (χ2v) is 7.04. The van der Waals surface area contributed by atoms with E-state index < -0.39 is 11.7 Å². The Labute approximate surface area is 170 Å². The van der Waals surface area contributed by atoms with Gasteiger partial charge < -0.3 is 14.7 Å². The largest absolute Gasteiger partial charge is 0.416 e. The number of halogens is 3. The minimum absolute atomic E-state index is 0.0889. The highest BCUT2D eigenvalue weighted by Gasteiger charge is 2.30. The molecule has 1 amide bonds. The zero-order chi connectivity index (χ0) is 21.3. The molecule has 1 aliphatic rings. The van der Waals surface area contributed by atoms with Gasteiger partial charge in [-0.3, -0.25) is 4.79 Å². The van der Waals surface area contributed by atoms with Crippen LogP contribution in [0.3, 0.4) is 0 Å². The van der Waals surface area contributed by atoms with Crippen LogP contribution in [0.5, 0.6) is 0 Å². The van der Waals surface area contributed by atoms with Gasteiger partial charge in [0, 0.05) is 29.9 Å². The fraction of sp³-hybridized carbons (Fsp3) is 0.286. The molecule has 0 saturated carbocycles. The van der Waals surface area contributed by atoms with Crippen LogP contribution in [0.2, 0.25) is 0 Å². The minimum Gasteiger partial charge on any atom is -0.376 e. The van der Waals surface area contributed by atoms with Crippen molar-refractivity contribution in [3.63, 3.8) is 0 Å². The Hall–Kier alpha value is -3.36. The van der Waals surface area contributed by atoms with E-state index in [-0.39, 0.29) is 29.7 Å². The molecule has 1 aromatic heterocycles. The van der Waals surface area contributed by atoms with Crippen LogP contribution in [-0.2, 0) is 17.5 Å². The molecule has 0 aliphatic carbocycles. The molecule has 0 atom stereocenters. The predicted molar refractivity (Wildman–Crippen MR) is 105 cm³/mol. The van der Waals surface area contributed by atoms with Gasteiger partial charge in [0.25, 0.3) is 0 Å². The highest BCUT2D eigenvalue weighted by Crippen LogP contribution is 2.32. The average molecular weight is 416 g/mol. The predicted octanol–water partition coefficient (Wildman–Crippen LogP) is 4.80. The monoisotopic (exact) mass is 416 g/mol. The summed E-state index contributed by atoms with van der Waals surface area (Å²) in [5, 5.41) is 6.98. The molecule has 9 heteroatoms. The number of aromatic nitrogens is 2. The molecule has 2 aromatic carbocycles. The van der Waals surface area contributed by atoms with Gasteiger partial charge in [-0.1, -0.05) is 23.4 Å². The summed E-state index contributed by atoms with van der Waals surface area (Å²) < 4.78 is 43.9. The summed E-state index contributed by atoms with van der Waals surface area (Å²) in [4.78, 5) is 18.0. The summed E-state index contributed by atoms with van der Waals surface area (Å²) in [5.41, 5.74) is 2.05. The lowest BCUT2D eigenvalue weighted by Crippen LogP contribution is -2.24. The third kappa shape index (κ3) is 4.00. The normalized spacial score (nSPS) is 14.4. The molecule has 2 heterocycles. The van der Waals surface area contributed by atoms with Crippen LogP contribution in [0, 0.1) is 6.92 Å². The first-order valence-electron chi connectivity index (χ1n) is 9.47. The van der Waals surface area contributed by atoms with Crippen molar-refractivity contribution in [3.8, 4) is 11.4 Å². The van der Waals surface area contributed by atoms with Crippen molar-refractivity contribution in [1.82, 2.24) is 10.1 Å². The molecular formula is C21H19F3N4O2. The molecular weight excluding hydrogens is 397 g/mol. The summed E-state index contributed by atoms with van der Waals surface area (Å²) in [6.45, 7) is 2.82. The van der Waals surface area contributed by atoms with Crippen molar-refractivity contribution in [3.05, 3.63) is 59.5 Å². The number of anilines is 2. The maximum Gasteiger partial charge on any atom is 0.416 e. The Kier molecular flexibility index (Phi) is 5.19. The van der Waals surface area contributed by atoms with Gasteiger partial charge in [0.05, 0.1) is 12.1 Å². The maximum absolute atomic E-state index is 12.9. The molecule has 1 aliphatic heterocycles. The first-order valence-corrected chi connectivity index (χ1v) is 9.47. The fourth-order valence-corrected chi connectivity index (χ4v) is 3.46. The van der Waals surface area contributed by atoms with E-state index >= 15 is 0 Å². The number of hydrogen-bond acceptors (Lipinski definition) is 5. The number of benzene rings is 2. The molecule has 0 radical (unpaired) electrons. The summed E-state index contributed by atoms with van der Waals surface area (Å²) in [6.07, 6.45) is -3.04. The van der Waals surface area contributed by atoms with Crippen LogP contribution in [0.25, 0.3) is 11.4 Å². The summed E-state index contributed by atoms with van der Waals surface area (Å²) in [6, 6.07) is 10.4. The lowest BCUT2D eigenvalue weighted by atomic mass is 10.1. The number of nitrogens with zero attached hydrogens (tertiary/aromatic N) is 3. The van der Waals surface area contributed by atoms with Crippen molar-refractivity contribution in [2.24, 2.45) is 0 Å². The Balaban J connectivity index is 1.49. The number of amides is 1. The van der Waals surface area contributed by atoms with Gasteiger partial charge in [-0.05, 0) is 43.2 Å². The summed E-state index contributed by atoms with van der Waals surface area (Å²) >= 11 is 0. The first-order chi connectivity index (χ1) is 14.3. The third-order valence-corrected chi connectivity index (χ3v) is 5.02. The molecule has 1 fully saturated rings. The lowest BCUT2D eigenvalue weighted by Gasteiger charge is -2.20. The molecule has 3 aromatic rings. The van der Waals surface area contributed by atoms with Gasteiger partial charge in [0.2, 0.25) is 17.6 Å². The highest BCUT2D eigenvalue weighted by atomic mass is 19.4. The van der Waals surface area contributed by atoms with E-state index in [1.54, 1.807) is 4.90 Å². The maximum atomic E-state index is 12.9.